The number of rotatable bonds is 7. The molecule has 7 nitrogen and oxygen atoms in total. The average Bonchev–Trinajstić information content (AvgIpc) is 3.54. The van der Waals surface area contributed by atoms with Crippen molar-refractivity contribution >= 4 is 23.2 Å². The van der Waals surface area contributed by atoms with Gasteiger partial charge in [0.25, 0.3) is 5.91 Å². The minimum absolute atomic E-state index is 0.109. The number of benzene rings is 1. The van der Waals surface area contributed by atoms with E-state index in [1.165, 1.54) is 6.42 Å². The van der Waals surface area contributed by atoms with Crippen LogP contribution in [0.25, 0.3) is 10.6 Å². The summed E-state index contributed by atoms with van der Waals surface area (Å²) in [5, 5.41) is 9.98. The smallest absolute Gasteiger partial charge is 0.273 e. The van der Waals surface area contributed by atoms with E-state index in [0.29, 0.717) is 25.4 Å². The molecule has 0 bridgehead atoms. The second-order valence-corrected chi connectivity index (χ2v) is 10.5. The van der Waals surface area contributed by atoms with Gasteiger partial charge in [0.1, 0.15) is 22.7 Å². The summed E-state index contributed by atoms with van der Waals surface area (Å²) in [6, 6.07) is 13.7. The first-order valence-corrected chi connectivity index (χ1v) is 13.3. The summed E-state index contributed by atoms with van der Waals surface area (Å²) in [5.41, 5.74) is 1.17. The molecule has 2 aliphatic rings. The zero-order valence-electron chi connectivity index (χ0n) is 20.3. The summed E-state index contributed by atoms with van der Waals surface area (Å²) in [6.07, 6.45) is 5.45. The number of nitrogens with one attached hydrogen (secondary N) is 1. The number of amides is 2. The Morgan fingerprint density at radius 1 is 1.20 bits per heavy atom. The summed E-state index contributed by atoms with van der Waals surface area (Å²) < 4.78 is 7.28. The molecular formula is C27H32N4O3S. The van der Waals surface area contributed by atoms with Crippen LogP contribution < -0.4 is 10.1 Å². The summed E-state index contributed by atoms with van der Waals surface area (Å²) in [5.74, 6) is 0.502. The van der Waals surface area contributed by atoms with Crippen LogP contribution in [0.1, 0.15) is 62.0 Å². The predicted octanol–water partition coefficient (Wildman–Crippen LogP) is 4.87. The molecule has 184 valence electrons. The summed E-state index contributed by atoms with van der Waals surface area (Å²) >= 11 is 1.59. The second-order valence-electron chi connectivity index (χ2n) is 9.60. The molecule has 0 radical (unpaired) electrons. The maximum atomic E-state index is 13.8. The highest BCUT2D eigenvalue weighted by Gasteiger charge is 2.48. The fourth-order valence-electron chi connectivity index (χ4n) is 5.06. The third-order valence-corrected chi connectivity index (χ3v) is 7.97. The van der Waals surface area contributed by atoms with Gasteiger partial charge in [-0.2, -0.15) is 5.10 Å². The molecule has 1 aliphatic carbocycles. The third-order valence-electron chi connectivity index (χ3n) is 7.08. The van der Waals surface area contributed by atoms with E-state index in [1.807, 2.05) is 61.7 Å². The Morgan fingerprint density at radius 2 is 1.97 bits per heavy atom. The van der Waals surface area contributed by atoms with Crippen molar-refractivity contribution in [2.75, 3.05) is 6.61 Å². The number of hydrogen-bond acceptors (Lipinski definition) is 5. The standard InChI is InChI=1S/C27H32N4O3S/c1-3-34-21-13-11-19(12-14-21)17-30-25(32)23-16-22(24-10-7-15-35-24)29-31(23)18-27(30,2)26(33)28-20-8-5-4-6-9-20/h7,10-16,20H,3-6,8-9,17-18H2,1-2H3,(H,28,33)/t27-/m1/s1. The Hall–Kier alpha value is -3.13. The van der Waals surface area contributed by atoms with E-state index in [-0.39, 0.29) is 17.9 Å². The van der Waals surface area contributed by atoms with Gasteiger partial charge < -0.3 is 15.0 Å². The number of carbonyl (C=O) groups excluding carboxylic acids is 2. The molecule has 3 heterocycles. The first-order chi connectivity index (χ1) is 17.0. The van der Waals surface area contributed by atoms with Gasteiger partial charge in [-0.05, 0) is 61.9 Å². The van der Waals surface area contributed by atoms with Crippen LogP contribution in [0.2, 0.25) is 0 Å². The second kappa shape index (κ2) is 9.85. The van der Waals surface area contributed by atoms with Gasteiger partial charge in [-0.1, -0.05) is 37.5 Å². The Balaban J connectivity index is 1.47. The molecule has 1 N–H and O–H groups in total. The zero-order valence-corrected chi connectivity index (χ0v) is 21.1. The van der Waals surface area contributed by atoms with Crippen molar-refractivity contribution in [2.24, 2.45) is 0 Å². The molecule has 2 aromatic heterocycles. The minimum Gasteiger partial charge on any atom is -0.494 e. The highest BCUT2D eigenvalue weighted by molar-refractivity contribution is 7.13. The molecule has 1 atom stereocenters. The lowest BCUT2D eigenvalue weighted by molar-refractivity contribution is -0.134. The quantitative estimate of drug-likeness (QED) is 0.510. The highest BCUT2D eigenvalue weighted by atomic mass is 32.1. The molecule has 0 saturated heterocycles. The largest absolute Gasteiger partial charge is 0.494 e. The molecule has 2 amide bonds. The van der Waals surface area contributed by atoms with Crippen molar-refractivity contribution in [3.8, 4) is 16.3 Å². The van der Waals surface area contributed by atoms with Gasteiger partial charge in [0.15, 0.2) is 0 Å². The first kappa shape index (κ1) is 23.6. The van der Waals surface area contributed by atoms with Crippen LogP contribution in [0.4, 0.5) is 0 Å². The van der Waals surface area contributed by atoms with Crippen LogP contribution in [0.3, 0.4) is 0 Å². The van der Waals surface area contributed by atoms with Gasteiger partial charge in [-0.3, -0.25) is 14.3 Å². The summed E-state index contributed by atoms with van der Waals surface area (Å²) in [4.78, 5) is 30.3. The van der Waals surface area contributed by atoms with Crippen molar-refractivity contribution < 1.29 is 14.3 Å². The van der Waals surface area contributed by atoms with Crippen LogP contribution in [0.15, 0.2) is 47.8 Å². The maximum absolute atomic E-state index is 13.8. The lowest BCUT2D eigenvalue weighted by Gasteiger charge is -2.44. The van der Waals surface area contributed by atoms with Crippen molar-refractivity contribution in [2.45, 2.75) is 70.6 Å². The number of hydrogen-bond donors (Lipinski definition) is 1. The van der Waals surface area contributed by atoms with Gasteiger partial charge in [0.05, 0.1) is 18.0 Å². The minimum atomic E-state index is -1.06. The van der Waals surface area contributed by atoms with E-state index in [0.717, 1.165) is 47.6 Å². The SMILES string of the molecule is CCOc1ccc(CN2C(=O)c3cc(-c4cccs4)nn3C[C@]2(C)C(=O)NC2CCCCC2)cc1. The number of thiophene rings is 1. The van der Waals surface area contributed by atoms with Crippen molar-refractivity contribution in [3.63, 3.8) is 0 Å². The zero-order chi connectivity index (χ0) is 24.4. The fraction of sp³-hybridized carbons (Fsp3) is 0.444. The van der Waals surface area contributed by atoms with Crippen molar-refractivity contribution in [1.29, 1.82) is 0 Å². The molecule has 0 unspecified atom stereocenters. The average molecular weight is 493 g/mol. The molecule has 0 spiro atoms. The number of ether oxygens (including phenoxy) is 1. The molecule has 1 saturated carbocycles. The molecular weight excluding hydrogens is 460 g/mol. The van der Waals surface area contributed by atoms with Crippen LogP contribution in [0, 0.1) is 0 Å². The molecule has 1 aromatic carbocycles. The van der Waals surface area contributed by atoms with Crippen LogP contribution in [-0.4, -0.2) is 44.7 Å². The van der Waals surface area contributed by atoms with Crippen molar-refractivity contribution in [1.82, 2.24) is 20.0 Å². The van der Waals surface area contributed by atoms with Gasteiger partial charge in [0, 0.05) is 12.6 Å². The van der Waals surface area contributed by atoms with E-state index < -0.39 is 5.54 Å². The summed E-state index contributed by atoms with van der Waals surface area (Å²) in [6.45, 7) is 5.06. The molecule has 3 aromatic rings. The van der Waals surface area contributed by atoms with E-state index in [9.17, 15) is 9.59 Å². The maximum Gasteiger partial charge on any atom is 0.273 e. The van der Waals surface area contributed by atoms with Crippen molar-refractivity contribution in [3.05, 3.63) is 59.1 Å². The Kier molecular flexibility index (Phi) is 6.65. The lowest BCUT2D eigenvalue weighted by atomic mass is 9.91. The monoisotopic (exact) mass is 492 g/mol. The van der Waals surface area contributed by atoms with Gasteiger partial charge in [-0.15, -0.1) is 11.3 Å². The molecule has 1 aliphatic heterocycles. The Labute approximate surface area is 210 Å². The Morgan fingerprint density at radius 3 is 2.66 bits per heavy atom. The molecule has 1 fully saturated rings. The first-order valence-electron chi connectivity index (χ1n) is 12.4. The number of fused-ring (bicyclic) bond motifs is 1. The number of aromatic nitrogens is 2. The highest BCUT2D eigenvalue weighted by Crippen LogP contribution is 2.33. The predicted molar refractivity (Wildman–Crippen MR) is 136 cm³/mol. The Bertz CT molecular complexity index is 1180. The van der Waals surface area contributed by atoms with E-state index in [2.05, 4.69) is 5.32 Å². The normalized spacial score (nSPS) is 20.5. The van der Waals surface area contributed by atoms with Gasteiger partial charge in [-0.25, -0.2) is 0 Å². The van der Waals surface area contributed by atoms with Gasteiger partial charge in [0.2, 0.25) is 5.91 Å². The fourth-order valence-corrected chi connectivity index (χ4v) is 5.74. The number of nitrogens with zero attached hydrogens (tertiary/aromatic N) is 3. The topological polar surface area (TPSA) is 76.5 Å². The molecule has 5 rings (SSSR count). The van der Waals surface area contributed by atoms with Crippen LogP contribution in [-0.2, 0) is 17.9 Å². The lowest BCUT2D eigenvalue weighted by Crippen LogP contribution is -2.64. The van der Waals surface area contributed by atoms with Crippen LogP contribution >= 0.6 is 11.3 Å². The number of carbonyl (C=O) groups is 2. The van der Waals surface area contributed by atoms with E-state index in [4.69, 9.17) is 9.84 Å². The molecule has 35 heavy (non-hydrogen) atoms. The van der Waals surface area contributed by atoms with Gasteiger partial charge >= 0.3 is 0 Å². The molecule has 8 heteroatoms. The third kappa shape index (κ3) is 4.72. The van der Waals surface area contributed by atoms with E-state index >= 15 is 0 Å². The van der Waals surface area contributed by atoms with E-state index in [1.54, 1.807) is 20.9 Å². The van der Waals surface area contributed by atoms with Crippen LogP contribution in [0.5, 0.6) is 5.75 Å². The summed E-state index contributed by atoms with van der Waals surface area (Å²) in [7, 11) is 0.